The largest absolute Gasteiger partial charge is 0.339 e. The summed E-state index contributed by atoms with van der Waals surface area (Å²) < 4.78 is 0. The van der Waals surface area contributed by atoms with Crippen LogP contribution >= 0.6 is 0 Å². The maximum Gasteiger partial charge on any atom is 0.226 e. The Morgan fingerprint density at radius 1 is 0.625 bits per heavy atom. The monoisotopic (exact) mass is 445 g/mol. The molecular formula is C30H55NO. The highest BCUT2D eigenvalue weighted by Crippen LogP contribution is 2.33. The Morgan fingerprint density at radius 2 is 1.03 bits per heavy atom. The van der Waals surface area contributed by atoms with E-state index in [0.717, 1.165) is 19.5 Å². The molecule has 0 aromatic carbocycles. The van der Waals surface area contributed by atoms with E-state index >= 15 is 0 Å². The van der Waals surface area contributed by atoms with Gasteiger partial charge in [-0.05, 0) is 38.5 Å². The Labute approximate surface area is 201 Å². The first-order chi connectivity index (χ1) is 15.8. The SMILES string of the molecule is CC=CCN1CCCCC(C2CCCCCCCCCCCCCCCCCCC2)C1=O. The van der Waals surface area contributed by atoms with Crippen molar-refractivity contribution in [2.24, 2.45) is 11.8 Å². The lowest BCUT2D eigenvalue weighted by atomic mass is 9.80. The standard InChI is InChI=1S/C30H55NO/c1-2-3-26-31-27-22-21-25-29(30(31)32)28-23-19-17-15-13-11-9-7-5-4-6-8-10-12-14-16-18-20-24-28/h2-3,28-29H,4-27H2,1H3. The fourth-order valence-electron chi connectivity index (χ4n) is 6.00. The van der Waals surface area contributed by atoms with Crippen molar-refractivity contribution >= 4 is 5.91 Å². The fourth-order valence-corrected chi connectivity index (χ4v) is 6.00. The van der Waals surface area contributed by atoms with Crippen molar-refractivity contribution in [1.82, 2.24) is 4.90 Å². The number of nitrogens with zero attached hydrogens (tertiary/aromatic N) is 1. The van der Waals surface area contributed by atoms with Gasteiger partial charge in [-0.15, -0.1) is 0 Å². The fraction of sp³-hybridized carbons (Fsp3) is 0.900. The number of amides is 1. The Kier molecular flexibility index (Phi) is 16.0. The van der Waals surface area contributed by atoms with Crippen molar-refractivity contribution in [3.63, 3.8) is 0 Å². The van der Waals surface area contributed by atoms with Crippen LogP contribution in [-0.2, 0) is 4.79 Å². The maximum absolute atomic E-state index is 13.4. The first-order valence-electron chi connectivity index (χ1n) is 14.7. The number of rotatable bonds is 3. The lowest BCUT2D eigenvalue weighted by molar-refractivity contribution is -0.136. The molecule has 2 rings (SSSR count). The van der Waals surface area contributed by atoms with Crippen molar-refractivity contribution < 1.29 is 4.79 Å². The Balaban J connectivity index is 1.88. The minimum absolute atomic E-state index is 0.292. The first kappa shape index (κ1) is 27.5. The van der Waals surface area contributed by atoms with Crippen LogP contribution in [0.4, 0.5) is 0 Å². The maximum atomic E-state index is 13.4. The van der Waals surface area contributed by atoms with Gasteiger partial charge in [-0.25, -0.2) is 0 Å². The topological polar surface area (TPSA) is 20.3 Å². The average molecular weight is 446 g/mol. The third-order valence-corrected chi connectivity index (χ3v) is 8.10. The molecule has 32 heavy (non-hydrogen) atoms. The summed E-state index contributed by atoms with van der Waals surface area (Å²) in [5, 5.41) is 0. The minimum Gasteiger partial charge on any atom is -0.339 e. The van der Waals surface area contributed by atoms with Crippen molar-refractivity contribution in [2.75, 3.05) is 13.1 Å². The van der Waals surface area contributed by atoms with Gasteiger partial charge in [-0.1, -0.05) is 128 Å². The lowest BCUT2D eigenvalue weighted by Crippen LogP contribution is -2.38. The van der Waals surface area contributed by atoms with Gasteiger partial charge in [-0.3, -0.25) is 4.79 Å². The minimum atomic E-state index is 0.292. The van der Waals surface area contributed by atoms with Gasteiger partial charge in [0.2, 0.25) is 5.91 Å². The van der Waals surface area contributed by atoms with Gasteiger partial charge in [0.25, 0.3) is 0 Å². The van der Waals surface area contributed by atoms with E-state index in [1.165, 1.54) is 135 Å². The zero-order valence-electron chi connectivity index (χ0n) is 21.6. The third-order valence-electron chi connectivity index (χ3n) is 8.10. The zero-order chi connectivity index (χ0) is 22.7. The summed E-state index contributed by atoms with van der Waals surface area (Å²) in [5.41, 5.74) is 0. The highest BCUT2D eigenvalue weighted by molar-refractivity contribution is 5.79. The molecule has 0 N–H and O–H groups in total. The van der Waals surface area contributed by atoms with E-state index in [9.17, 15) is 4.79 Å². The number of hydrogen-bond acceptors (Lipinski definition) is 1. The number of likely N-dealkylation sites (tertiary alicyclic amines) is 1. The van der Waals surface area contributed by atoms with Gasteiger partial charge < -0.3 is 4.90 Å². The van der Waals surface area contributed by atoms with Crippen LogP contribution < -0.4 is 0 Å². The molecule has 2 nitrogen and oxygen atoms in total. The van der Waals surface area contributed by atoms with E-state index in [2.05, 4.69) is 24.0 Å². The van der Waals surface area contributed by atoms with E-state index in [-0.39, 0.29) is 0 Å². The molecule has 1 aliphatic carbocycles. The van der Waals surface area contributed by atoms with Crippen molar-refractivity contribution in [2.45, 2.75) is 148 Å². The molecule has 2 heteroatoms. The van der Waals surface area contributed by atoms with E-state index in [1.807, 2.05) is 0 Å². The molecule has 1 saturated heterocycles. The van der Waals surface area contributed by atoms with Gasteiger partial charge in [0, 0.05) is 19.0 Å². The molecule has 1 heterocycles. The van der Waals surface area contributed by atoms with Crippen LogP contribution in [-0.4, -0.2) is 23.9 Å². The van der Waals surface area contributed by atoms with E-state index < -0.39 is 0 Å². The third kappa shape index (κ3) is 11.9. The second kappa shape index (κ2) is 18.6. The van der Waals surface area contributed by atoms with Crippen molar-refractivity contribution in [3.05, 3.63) is 12.2 Å². The molecule has 1 unspecified atom stereocenters. The van der Waals surface area contributed by atoms with Crippen LogP contribution in [0.15, 0.2) is 12.2 Å². The molecule has 0 spiro atoms. The van der Waals surface area contributed by atoms with Gasteiger partial charge >= 0.3 is 0 Å². The summed E-state index contributed by atoms with van der Waals surface area (Å²) in [5.74, 6) is 1.39. The molecule has 1 saturated carbocycles. The highest BCUT2D eigenvalue weighted by atomic mass is 16.2. The molecule has 1 aliphatic heterocycles. The Bertz CT molecular complexity index is 465. The van der Waals surface area contributed by atoms with Crippen LogP contribution in [0.1, 0.15) is 148 Å². The predicted molar refractivity (Wildman–Crippen MR) is 140 cm³/mol. The zero-order valence-corrected chi connectivity index (χ0v) is 21.6. The van der Waals surface area contributed by atoms with E-state index in [4.69, 9.17) is 0 Å². The second-order valence-electron chi connectivity index (χ2n) is 10.8. The molecule has 2 aliphatic rings. The highest BCUT2D eigenvalue weighted by Gasteiger charge is 2.32. The molecule has 0 aromatic heterocycles. The van der Waals surface area contributed by atoms with E-state index in [0.29, 0.717) is 17.7 Å². The molecule has 0 bridgehead atoms. The Morgan fingerprint density at radius 3 is 1.47 bits per heavy atom. The molecule has 0 radical (unpaired) electrons. The molecule has 1 atom stereocenters. The molecule has 0 aromatic rings. The van der Waals surface area contributed by atoms with Crippen LogP contribution in [0.25, 0.3) is 0 Å². The summed E-state index contributed by atoms with van der Waals surface area (Å²) in [6, 6.07) is 0. The summed E-state index contributed by atoms with van der Waals surface area (Å²) in [6.45, 7) is 3.85. The predicted octanol–water partition coefficient (Wildman–Crippen LogP) is 9.23. The Hall–Kier alpha value is -0.790. The van der Waals surface area contributed by atoms with Crippen LogP contribution in [0.3, 0.4) is 0 Å². The number of carbonyl (C=O) groups excluding carboxylic acids is 1. The smallest absolute Gasteiger partial charge is 0.226 e. The van der Waals surface area contributed by atoms with Crippen molar-refractivity contribution in [3.8, 4) is 0 Å². The average Bonchev–Trinajstić information content (AvgIpc) is 2.98. The first-order valence-corrected chi connectivity index (χ1v) is 14.7. The van der Waals surface area contributed by atoms with Gasteiger partial charge in [0.15, 0.2) is 0 Å². The van der Waals surface area contributed by atoms with E-state index in [1.54, 1.807) is 0 Å². The van der Waals surface area contributed by atoms with Crippen LogP contribution in [0.5, 0.6) is 0 Å². The van der Waals surface area contributed by atoms with Gasteiger partial charge in [0.1, 0.15) is 0 Å². The van der Waals surface area contributed by atoms with Crippen LogP contribution in [0.2, 0.25) is 0 Å². The molecule has 2 fully saturated rings. The van der Waals surface area contributed by atoms with Gasteiger partial charge in [-0.2, -0.15) is 0 Å². The number of allylic oxidation sites excluding steroid dienone is 1. The number of hydrogen-bond donors (Lipinski definition) is 0. The summed E-state index contributed by atoms with van der Waals surface area (Å²) in [4.78, 5) is 15.6. The molecule has 1 amide bonds. The van der Waals surface area contributed by atoms with Gasteiger partial charge in [0.05, 0.1) is 0 Å². The van der Waals surface area contributed by atoms with Crippen LogP contribution in [0, 0.1) is 11.8 Å². The number of carbonyl (C=O) groups is 1. The molecule has 186 valence electrons. The second-order valence-corrected chi connectivity index (χ2v) is 10.8. The summed E-state index contributed by atoms with van der Waals surface area (Å²) in [6.07, 6.45) is 34.5. The summed E-state index contributed by atoms with van der Waals surface area (Å²) in [7, 11) is 0. The lowest BCUT2D eigenvalue weighted by Gasteiger charge is -2.29. The normalized spacial score (nSPS) is 26.1. The molecular weight excluding hydrogens is 390 g/mol. The van der Waals surface area contributed by atoms with Crippen molar-refractivity contribution in [1.29, 1.82) is 0 Å². The quantitative estimate of drug-likeness (QED) is 0.396. The summed E-state index contributed by atoms with van der Waals surface area (Å²) >= 11 is 0.